The topological polar surface area (TPSA) is 179 Å². The van der Waals surface area contributed by atoms with Crippen LogP contribution in [0.5, 0.6) is 0 Å². The van der Waals surface area contributed by atoms with Crippen LogP contribution in [0.15, 0.2) is 18.6 Å². The summed E-state index contributed by atoms with van der Waals surface area (Å²) in [5.74, 6) is 0. The molecular formula is C12H14N5O7SY-. The number of nitrogens with two attached hydrogens (primary N) is 1. The molecule has 4 atom stereocenters. The maximum atomic E-state index is 11.3. The van der Waals surface area contributed by atoms with Gasteiger partial charge in [-0.3, -0.25) is 8.75 Å². The Kier molecular flexibility index (Phi) is 6.66. The van der Waals surface area contributed by atoms with E-state index < -0.39 is 41.5 Å². The molecule has 1 radical (unpaired) electrons. The number of fused-ring (bicyclic) bond motifs is 1. The van der Waals surface area contributed by atoms with Gasteiger partial charge >= 0.3 is 10.3 Å². The molecule has 5 N–H and O–H groups in total. The predicted octanol–water partition coefficient (Wildman–Crippen LogP) is -2.45. The first-order valence-corrected chi connectivity index (χ1v) is 8.37. The van der Waals surface area contributed by atoms with Crippen LogP contribution in [0.25, 0.3) is 11.2 Å². The minimum atomic E-state index is -4.37. The van der Waals surface area contributed by atoms with Gasteiger partial charge in [0, 0.05) is 38.9 Å². The number of hydrogen-bond donors (Lipinski definition) is 4. The molecule has 1 aliphatic heterocycles. The van der Waals surface area contributed by atoms with E-state index >= 15 is 0 Å². The number of hydrogen-bond acceptors (Lipinski definition) is 10. The number of nitrogens with one attached hydrogen (secondary N) is 1. The molecule has 1 fully saturated rings. The second-order valence-electron chi connectivity index (χ2n) is 5.21. The Balaban J connectivity index is 0.00000243. The van der Waals surface area contributed by atoms with E-state index in [0.29, 0.717) is 16.9 Å². The van der Waals surface area contributed by atoms with Gasteiger partial charge in [0.05, 0.1) is 18.6 Å². The largest absolute Gasteiger partial charge is 0.519 e. The summed E-state index contributed by atoms with van der Waals surface area (Å²) in [6.07, 6.45) is -1.37. The molecule has 14 heteroatoms. The fraction of sp³-hybridized carbons (Fsp3) is 0.417. The summed E-state index contributed by atoms with van der Waals surface area (Å²) in [4.78, 5) is 18.2. The van der Waals surface area contributed by atoms with Crippen molar-refractivity contribution in [2.45, 2.75) is 24.5 Å². The van der Waals surface area contributed by atoms with Crippen molar-refractivity contribution >= 4 is 33.6 Å². The molecule has 0 bridgehead atoms. The molecule has 3 rings (SSSR count). The van der Waals surface area contributed by atoms with Crippen LogP contribution in [0.1, 0.15) is 6.23 Å². The molecule has 139 valence electrons. The quantitative estimate of drug-likeness (QED) is 0.267. The summed E-state index contributed by atoms with van der Waals surface area (Å²) in [5, 5.41) is 20.2. The zero-order chi connectivity index (χ0) is 18.2. The summed E-state index contributed by atoms with van der Waals surface area (Å²) in [6.45, 7) is -0.631. The van der Waals surface area contributed by atoms with Crippen LogP contribution in [0, 0.1) is 0 Å². The number of ether oxygens (including phenoxy) is 1. The molecule has 1 saturated heterocycles. The van der Waals surface area contributed by atoms with E-state index in [1.165, 1.54) is 21.8 Å². The SMILES string of the molecule is Nc1ccnc2c1ncn2[C@@H]1O[C@H](COS(=O)(=O)N[C-]=O)[C@@H](O)[C@H]1O.[Y]. The maximum Gasteiger partial charge on any atom is 0.331 e. The van der Waals surface area contributed by atoms with Crippen molar-refractivity contribution in [3.05, 3.63) is 18.6 Å². The third-order valence-corrected chi connectivity index (χ3v) is 4.44. The van der Waals surface area contributed by atoms with Gasteiger partial charge in [-0.25, -0.2) is 9.97 Å². The van der Waals surface area contributed by atoms with Crippen molar-refractivity contribution < 1.29 is 65.1 Å². The molecule has 0 aromatic carbocycles. The molecule has 0 unspecified atom stereocenters. The molecule has 2 aromatic heterocycles. The number of anilines is 1. The number of imidazole rings is 1. The van der Waals surface area contributed by atoms with Crippen molar-refractivity contribution in [2.24, 2.45) is 0 Å². The molecular weight excluding hydrogens is 447 g/mol. The number of nitrogen functional groups attached to an aromatic ring is 1. The van der Waals surface area contributed by atoms with Crippen molar-refractivity contribution in [1.29, 1.82) is 0 Å². The summed E-state index contributed by atoms with van der Waals surface area (Å²) in [7, 11) is -4.37. The van der Waals surface area contributed by atoms with Crippen molar-refractivity contribution in [3.8, 4) is 0 Å². The Labute approximate surface area is 172 Å². The minimum absolute atomic E-state index is 0. The van der Waals surface area contributed by atoms with E-state index in [4.69, 9.17) is 10.5 Å². The van der Waals surface area contributed by atoms with Gasteiger partial charge < -0.3 is 30.2 Å². The van der Waals surface area contributed by atoms with E-state index in [-0.39, 0.29) is 32.7 Å². The third-order valence-electron chi connectivity index (χ3n) is 3.66. The molecule has 0 aliphatic carbocycles. The first-order valence-electron chi connectivity index (χ1n) is 6.96. The van der Waals surface area contributed by atoms with Gasteiger partial charge in [-0.05, 0) is 6.07 Å². The van der Waals surface area contributed by atoms with Crippen LogP contribution >= 0.6 is 0 Å². The maximum absolute atomic E-state index is 11.3. The Morgan fingerprint density at radius 1 is 1.38 bits per heavy atom. The average molecular weight is 461 g/mol. The number of nitrogens with zero attached hydrogens (tertiary/aromatic N) is 3. The van der Waals surface area contributed by atoms with Gasteiger partial charge in [0.15, 0.2) is 11.9 Å². The molecule has 26 heavy (non-hydrogen) atoms. The predicted molar refractivity (Wildman–Crippen MR) is 81.6 cm³/mol. The first kappa shape index (κ1) is 21.1. The van der Waals surface area contributed by atoms with E-state index in [1.54, 1.807) is 6.07 Å². The molecule has 12 nitrogen and oxygen atoms in total. The van der Waals surface area contributed by atoms with Crippen molar-refractivity contribution in [3.63, 3.8) is 0 Å². The summed E-state index contributed by atoms with van der Waals surface area (Å²) in [6, 6.07) is 1.55. The fourth-order valence-electron chi connectivity index (χ4n) is 2.47. The Morgan fingerprint density at radius 3 is 2.81 bits per heavy atom. The third kappa shape index (κ3) is 4.03. The zero-order valence-corrected chi connectivity index (χ0v) is 16.7. The van der Waals surface area contributed by atoms with Gasteiger partial charge in [0.2, 0.25) is 0 Å². The van der Waals surface area contributed by atoms with E-state index in [2.05, 4.69) is 14.2 Å². The second kappa shape index (κ2) is 8.21. The summed E-state index contributed by atoms with van der Waals surface area (Å²) < 4.78 is 35.2. The monoisotopic (exact) mass is 461 g/mol. The molecule has 2 aromatic rings. The fourth-order valence-corrected chi connectivity index (χ4v) is 2.95. The average Bonchev–Trinajstić information content (AvgIpc) is 3.10. The number of aromatic nitrogens is 3. The van der Waals surface area contributed by atoms with Crippen molar-refractivity contribution in [2.75, 3.05) is 12.3 Å². The standard InChI is InChI=1S/C12H14N5O7S.Y/c13-6-1-2-14-11-8(6)15-4-17(11)12-10(20)9(19)7(24-12)3-23-25(21,22)16-5-18;/h1-2,4,7,9-10,12,19-20H,3H2,(H2,13,14)(H,16,18);/q-1;/t7-,9-,10-,12-;/m1./s1. The van der Waals surface area contributed by atoms with Gasteiger partial charge in [-0.15, -0.1) is 6.41 Å². The number of rotatable bonds is 6. The van der Waals surface area contributed by atoms with Crippen LogP contribution in [0.2, 0.25) is 0 Å². The van der Waals surface area contributed by atoms with Gasteiger partial charge in [-0.1, -0.05) is 0 Å². The molecule has 1 amide bonds. The van der Waals surface area contributed by atoms with Gasteiger partial charge in [-0.2, -0.15) is 8.42 Å². The smallest absolute Gasteiger partial charge is 0.331 e. The number of amides is 1. The Bertz CT molecular complexity index is 891. The van der Waals surface area contributed by atoms with Gasteiger partial charge in [0.1, 0.15) is 23.8 Å². The van der Waals surface area contributed by atoms with Crippen LogP contribution in [0.3, 0.4) is 0 Å². The van der Waals surface area contributed by atoms with Crippen LogP contribution in [-0.2, 0) is 56.7 Å². The number of aliphatic hydroxyl groups excluding tert-OH is 2. The van der Waals surface area contributed by atoms with E-state index in [9.17, 15) is 23.4 Å². The minimum Gasteiger partial charge on any atom is -0.519 e. The van der Waals surface area contributed by atoms with Crippen LogP contribution in [0.4, 0.5) is 5.69 Å². The van der Waals surface area contributed by atoms with Gasteiger partial charge in [0.25, 0.3) is 0 Å². The van der Waals surface area contributed by atoms with Crippen LogP contribution < -0.4 is 10.5 Å². The summed E-state index contributed by atoms with van der Waals surface area (Å²) in [5.41, 5.74) is 6.87. The number of aliphatic hydroxyl groups is 2. The molecule has 0 spiro atoms. The first-order chi connectivity index (χ1) is 11.8. The van der Waals surface area contributed by atoms with E-state index in [0.717, 1.165) is 6.41 Å². The normalized spacial score (nSPS) is 25.8. The Morgan fingerprint density at radius 2 is 2.12 bits per heavy atom. The number of carbonyl (C=O) groups excluding carboxylic acids is 1. The molecule has 0 saturated carbocycles. The molecule has 1 aliphatic rings. The second-order valence-corrected chi connectivity index (χ2v) is 6.56. The van der Waals surface area contributed by atoms with Crippen LogP contribution in [-0.4, -0.2) is 64.5 Å². The zero-order valence-electron chi connectivity index (χ0n) is 13.1. The molecule has 3 heterocycles. The summed E-state index contributed by atoms with van der Waals surface area (Å²) >= 11 is 0. The van der Waals surface area contributed by atoms with Crippen molar-refractivity contribution in [1.82, 2.24) is 19.3 Å². The Hall–Kier alpha value is -1.22. The number of pyridine rings is 1. The van der Waals surface area contributed by atoms with E-state index in [1.807, 2.05) is 0 Å².